The minimum Gasteiger partial charge on any atom is -1.00 e. The first-order chi connectivity index (χ1) is 9.35. The van der Waals surface area contributed by atoms with E-state index in [0.29, 0.717) is 0 Å². The van der Waals surface area contributed by atoms with Crippen LogP contribution < -0.4 is 18.9 Å². The fourth-order valence-electron chi connectivity index (χ4n) is 2.43. The standard InChI is InChI=1S/C18H37N.Li.H/c1-4-7-10-12-14-17-19(16-9-6-3)18-15-13-11-8-5-2;;/h6,9H,4-5,7-8,10-18H2,1-3H3;;/q;+1;-1. The van der Waals surface area contributed by atoms with Gasteiger partial charge in [0.1, 0.15) is 0 Å². The maximum atomic E-state index is 2.64. The first-order valence-corrected chi connectivity index (χ1v) is 8.68. The normalized spacial score (nSPS) is 11.2. The van der Waals surface area contributed by atoms with Crippen molar-refractivity contribution in [3.8, 4) is 0 Å². The molecule has 0 unspecified atom stereocenters. The van der Waals surface area contributed by atoms with E-state index in [0.717, 1.165) is 6.54 Å². The molecule has 0 bridgehead atoms. The molecule has 2 heteroatoms. The van der Waals surface area contributed by atoms with E-state index < -0.39 is 0 Å². The summed E-state index contributed by atoms with van der Waals surface area (Å²) in [6.45, 7) is 10.4. The summed E-state index contributed by atoms with van der Waals surface area (Å²) in [5.74, 6) is 0. The zero-order valence-electron chi connectivity index (χ0n) is 15.8. The van der Waals surface area contributed by atoms with Gasteiger partial charge in [-0.05, 0) is 32.9 Å². The van der Waals surface area contributed by atoms with Crippen molar-refractivity contribution in [2.45, 2.75) is 85.0 Å². The van der Waals surface area contributed by atoms with Gasteiger partial charge in [-0.15, -0.1) is 0 Å². The van der Waals surface area contributed by atoms with Gasteiger partial charge in [-0.25, -0.2) is 0 Å². The summed E-state index contributed by atoms with van der Waals surface area (Å²) in [5, 5.41) is 0. The van der Waals surface area contributed by atoms with E-state index in [4.69, 9.17) is 0 Å². The molecular weight excluding hydrogens is 237 g/mol. The fraction of sp³-hybridized carbons (Fsp3) is 0.889. The SMILES string of the molecule is CC=CCN(CCCCCCC)CCCCCCC.[H-].[Li+]. The molecule has 0 aliphatic carbocycles. The summed E-state index contributed by atoms with van der Waals surface area (Å²) in [6.07, 6.45) is 18.4. The van der Waals surface area contributed by atoms with Crippen molar-refractivity contribution in [3.63, 3.8) is 0 Å². The predicted octanol–water partition coefficient (Wildman–Crippen LogP) is 2.92. The number of allylic oxidation sites excluding steroid dienone is 1. The molecular formula is C18H38LiN. The van der Waals surface area contributed by atoms with Crippen molar-refractivity contribution in [1.82, 2.24) is 4.90 Å². The van der Waals surface area contributed by atoms with E-state index in [9.17, 15) is 0 Å². The molecule has 0 spiro atoms. The second-order valence-electron chi connectivity index (χ2n) is 5.70. The number of nitrogens with zero attached hydrogens (tertiary/aromatic N) is 1. The molecule has 0 N–H and O–H groups in total. The monoisotopic (exact) mass is 275 g/mol. The van der Waals surface area contributed by atoms with Crippen molar-refractivity contribution in [1.29, 1.82) is 0 Å². The number of rotatable bonds is 14. The van der Waals surface area contributed by atoms with Gasteiger partial charge in [-0.3, -0.25) is 4.90 Å². The fourth-order valence-corrected chi connectivity index (χ4v) is 2.43. The first-order valence-electron chi connectivity index (χ1n) is 8.68. The van der Waals surface area contributed by atoms with Crippen LogP contribution in [-0.4, -0.2) is 24.5 Å². The Bertz CT molecular complexity index is 184. The third-order valence-corrected chi connectivity index (χ3v) is 3.76. The minimum atomic E-state index is 0. The van der Waals surface area contributed by atoms with Gasteiger partial charge >= 0.3 is 18.9 Å². The summed E-state index contributed by atoms with van der Waals surface area (Å²) < 4.78 is 0. The topological polar surface area (TPSA) is 3.24 Å². The van der Waals surface area contributed by atoms with E-state index in [1.165, 1.54) is 77.3 Å². The maximum Gasteiger partial charge on any atom is 1.00 e. The van der Waals surface area contributed by atoms with Gasteiger partial charge in [0.15, 0.2) is 0 Å². The van der Waals surface area contributed by atoms with Crippen LogP contribution >= 0.6 is 0 Å². The Morgan fingerprint density at radius 2 is 1.20 bits per heavy atom. The molecule has 0 radical (unpaired) electrons. The average molecular weight is 275 g/mol. The quantitative estimate of drug-likeness (QED) is 0.268. The molecule has 0 aromatic carbocycles. The summed E-state index contributed by atoms with van der Waals surface area (Å²) in [4.78, 5) is 2.64. The third kappa shape index (κ3) is 16.4. The molecule has 0 aromatic rings. The van der Waals surface area contributed by atoms with E-state index >= 15 is 0 Å². The molecule has 0 aromatic heterocycles. The van der Waals surface area contributed by atoms with Crippen LogP contribution in [0.2, 0.25) is 0 Å². The Hall–Kier alpha value is 0.297. The van der Waals surface area contributed by atoms with E-state index in [-0.39, 0.29) is 20.3 Å². The van der Waals surface area contributed by atoms with Crippen molar-refractivity contribution < 1.29 is 20.3 Å². The number of hydrogen-bond donors (Lipinski definition) is 0. The van der Waals surface area contributed by atoms with Crippen molar-refractivity contribution >= 4 is 0 Å². The molecule has 1 nitrogen and oxygen atoms in total. The minimum absolute atomic E-state index is 0. The van der Waals surface area contributed by atoms with Crippen LogP contribution in [0, 0.1) is 0 Å². The van der Waals surface area contributed by atoms with Crippen molar-refractivity contribution in [3.05, 3.63) is 12.2 Å². The molecule has 0 fully saturated rings. The zero-order valence-corrected chi connectivity index (χ0v) is 14.8. The molecule has 0 aliphatic rings. The zero-order chi connectivity index (χ0) is 14.2. The molecule has 0 amide bonds. The van der Waals surface area contributed by atoms with E-state index in [1.54, 1.807) is 0 Å². The predicted molar refractivity (Wildman–Crippen MR) is 89.9 cm³/mol. The second kappa shape index (κ2) is 19.3. The molecule has 20 heavy (non-hydrogen) atoms. The average Bonchev–Trinajstić information content (AvgIpc) is 2.43. The molecule has 0 saturated carbocycles. The van der Waals surface area contributed by atoms with Gasteiger partial charge in [0.2, 0.25) is 0 Å². The Labute approximate surface area is 142 Å². The number of hydrogen-bond acceptors (Lipinski definition) is 1. The van der Waals surface area contributed by atoms with Crippen LogP contribution in [0.3, 0.4) is 0 Å². The van der Waals surface area contributed by atoms with E-state index in [1.807, 2.05) is 0 Å². The summed E-state index contributed by atoms with van der Waals surface area (Å²) in [5.41, 5.74) is 0. The van der Waals surface area contributed by atoms with Crippen LogP contribution in [0.25, 0.3) is 0 Å². The van der Waals surface area contributed by atoms with Gasteiger partial charge in [0.05, 0.1) is 0 Å². The second-order valence-corrected chi connectivity index (χ2v) is 5.70. The van der Waals surface area contributed by atoms with Crippen LogP contribution in [0.5, 0.6) is 0 Å². The third-order valence-electron chi connectivity index (χ3n) is 3.76. The van der Waals surface area contributed by atoms with Gasteiger partial charge in [-0.2, -0.15) is 0 Å². The Morgan fingerprint density at radius 3 is 1.60 bits per heavy atom. The number of unbranched alkanes of at least 4 members (excludes halogenated alkanes) is 8. The summed E-state index contributed by atoms with van der Waals surface area (Å²) in [6, 6.07) is 0. The van der Waals surface area contributed by atoms with Gasteiger partial charge in [0, 0.05) is 6.54 Å². The van der Waals surface area contributed by atoms with Gasteiger partial charge in [-0.1, -0.05) is 77.4 Å². The molecule has 116 valence electrons. The smallest absolute Gasteiger partial charge is 1.00 e. The molecule has 0 atom stereocenters. The summed E-state index contributed by atoms with van der Waals surface area (Å²) >= 11 is 0. The van der Waals surface area contributed by atoms with Gasteiger partial charge < -0.3 is 1.43 Å². The van der Waals surface area contributed by atoms with Crippen molar-refractivity contribution in [2.75, 3.05) is 19.6 Å². The van der Waals surface area contributed by atoms with E-state index in [2.05, 4.69) is 37.8 Å². The molecule has 0 aliphatic heterocycles. The molecule has 0 rings (SSSR count). The molecule has 0 saturated heterocycles. The van der Waals surface area contributed by atoms with Crippen LogP contribution in [0.15, 0.2) is 12.2 Å². The summed E-state index contributed by atoms with van der Waals surface area (Å²) in [7, 11) is 0. The Morgan fingerprint density at radius 1 is 0.750 bits per heavy atom. The first kappa shape index (κ1) is 22.6. The molecule has 0 heterocycles. The van der Waals surface area contributed by atoms with Crippen LogP contribution in [0.1, 0.15) is 86.4 Å². The van der Waals surface area contributed by atoms with Crippen LogP contribution in [-0.2, 0) is 0 Å². The largest absolute Gasteiger partial charge is 1.00 e. The van der Waals surface area contributed by atoms with Gasteiger partial charge in [0.25, 0.3) is 0 Å². The Kier molecular flexibility index (Phi) is 21.8. The Balaban J connectivity index is -0.00000162. The van der Waals surface area contributed by atoms with Crippen LogP contribution in [0.4, 0.5) is 0 Å². The maximum absolute atomic E-state index is 2.64. The van der Waals surface area contributed by atoms with Crippen molar-refractivity contribution in [2.24, 2.45) is 0 Å².